The fourth-order valence-electron chi connectivity index (χ4n) is 2.52. The number of carbonyl (C=O) groups is 2. The third kappa shape index (κ3) is 3.31. The summed E-state index contributed by atoms with van der Waals surface area (Å²) in [7, 11) is 0. The maximum absolute atomic E-state index is 12.6. The Bertz CT molecular complexity index is 776. The second-order valence-electron chi connectivity index (χ2n) is 5.26. The minimum absolute atomic E-state index is 0.00589. The van der Waals surface area contributed by atoms with E-state index in [4.69, 9.17) is 0 Å². The summed E-state index contributed by atoms with van der Waals surface area (Å²) in [6.45, 7) is 3.41. The zero-order valence-corrected chi connectivity index (χ0v) is 13.4. The van der Waals surface area contributed by atoms with Gasteiger partial charge in [-0.2, -0.15) is 4.98 Å². The number of nitrogens with zero attached hydrogens (tertiary/aromatic N) is 3. The SMILES string of the molecule is CC(=O)N1CCN(C(=O)c2cc(-c3cccs3)[nH]c(=O)n2)CC1. The van der Waals surface area contributed by atoms with Gasteiger partial charge in [0, 0.05) is 33.1 Å². The Hall–Kier alpha value is -2.48. The van der Waals surface area contributed by atoms with Crippen molar-refractivity contribution in [2.24, 2.45) is 0 Å². The van der Waals surface area contributed by atoms with E-state index in [1.54, 1.807) is 15.9 Å². The van der Waals surface area contributed by atoms with Gasteiger partial charge in [-0.15, -0.1) is 11.3 Å². The number of thiophene rings is 1. The summed E-state index contributed by atoms with van der Waals surface area (Å²) in [6, 6.07) is 5.35. The first-order valence-corrected chi connectivity index (χ1v) is 8.12. The molecule has 3 rings (SSSR count). The maximum atomic E-state index is 12.6. The van der Waals surface area contributed by atoms with Crippen LogP contribution in [0, 0.1) is 0 Å². The molecule has 0 saturated carbocycles. The molecule has 1 fully saturated rings. The van der Waals surface area contributed by atoms with Crippen molar-refractivity contribution in [3.63, 3.8) is 0 Å². The van der Waals surface area contributed by atoms with Crippen LogP contribution in [0.1, 0.15) is 17.4 Å². The molecule has 23 heavy (non-hydrogen) atoms. The summed E-state index contributed by atoms with van der Waals surface area (Å²) >= 11 is 1.48. The largest absolute Gasteiger partial charge is 0.346 e. The third-order valence-corrected chi connectivity index (χ3v) is 4.67. The molecule has 0 atom stereocenters. The Morgan fingerprint density at radius 1 is 1.22 bits per heavy atom. The van der Waals surface area contributed by atoms with Crippen molar-refractivity contribution in [2.75, 3.05) is 26.2 Å². The molecule has 8 heteroatoms. The molecule has 0 aromatic carbocycles. The van der Waals surface area contributed by atoms with Crippen LogP contribution < -0.4 is 5.69 Å². The molecule has 1 N–H and O–H groups in total. The molecule has 3 heterocycles. The molecule has 120 valence electrons. The van der Waals surface area contributed by atoms with Crippen molar-refractivity contribution < 1.29 is 9.59 Å². The van der Waals surface area contributed by atoms with E-state index in [9.17, 15) is 14.4 Å². The van der Waals surface area contributed by atoms with Gasteiger partial charge in [-0.25, -0.2) is 4.79 Å². The van der Waals surface area contributed by atoms with E-state index in [0.717, 1.165) is 4.88 Å². The van der Waals surface area contributed by atoms with E-state index < -0.39 is 5.69 Å². The number of hydrogen-bond acceptors (Lipinski definition) is 5. The number of aromatic nitrogens is 2. The Kier molecular flexibility index (Phi) is 4.24. The third-order valence-electron chi connectivity index (χ3n) is 3.76. The summed E-state index contributed by atoms with van der Waals surface area (Å²) < 4.78 is 0. The van der Waals surface area contributed by atoms with Crippen LogP contribution in [0.25, 0.3) is 10.6 Å². The Morgan fingerprint density at radius 3 is 2.52 bits per heavy atom. The van der Waals surface area contributed by atoms with Crippen LogP contribution in [0.4, 0.5) is 0 Å². The van der Waals surface area contributed by atoms with Crippen molar-refractivity contribution >= 4 is 23.2 Å². The molecule has 0 aliphatic carbocycles. The maximum Gasteiger partial charge on any atom is 0.346 e. The van der Waals surface area contributed by atoms with E-state index >= 15 is 0 Å². The van der Waals surface area contributed by atoms with Crippen LogP contribution in [0.15, 0.2) is 28.4 Å². The topological polar surface area (TPSA) is 86.4 Å². The molecule has 0 radical (unpaired) electrons. The molecular weight excluding hydrogens is 316 g/mol. The predicted molar refractivity (Wildman–Crippen MR) is 86.3 cm³/mol. The highest BCUT2D eigenvalue weighted by atomic mass is 32.1. The molecule has 1 saturated heterocycles. The molecular formula is C15H16N4O3S. The van der Waals surface area contributed by atoms with Crippen LogP contribution in [-0.2, 0) is 4.79 Å². The monoisotopic (exact) mass is 332 g/mol. The first-order valence-electron chi connectivity index (χ1n) is 7.24. The van der Waals surface area contributed by atoms with Gasteiger partial charge in [0.1, 0.15) is 5.69 Å². The van der Waals surface area contributed by atoms with Gasteiger partial charge in [-0.1, -0.05) is 6.07 Å². The minimum Gasteiger partial charge on any atom is -0.339 e. The van der Waals surface area contributed by atoms with E-state index in [1.807, 2.05) is 17.5 Å². The highest BCUT2D eigenvalue weighted by molar-refractivity contribution is 7.13. The number of hydrogen-bond donors (Lipinski definition) is 1. The van der Waals surface area contributed by atoms with Crippen LogP contribution in [0.3, 0.4) is 0 Å². The molecule has 0 spiro atoms. The van der Waals surface area contributed by atoms with Crippen molar-refractivity contribution in [3.05, 3.63) is 39.8 Å². The number of piperazine rings is 1. The number of aromatic amines is 1. The van der Waals surface area contributed by atoms with Crippen LogP contribution in [0.5, 0.6) is 0 Å². The predicted octanol–water partition coefficient (Wildman–Crippen LogP) is 0.803. The van der Waals surface area contributed by atoms with Crippen LogP contribution >= 0.6 is 11.3 Å². The van der Waals surface area contributed by atoms with Crippen LogP contribution in [-0.4, -0.2) is 57.8 Å². The second kappa shape index (κ2) is 6.33. The first-order chi connectivity index (χ1) is 11.0. The quantitative estimate of drug-likeness (QED) is 0.881. The average Bonchev–Trinajstić information content (AvgIpc) is 3.08. The molecule has 2 aromatic heterocycles. The Labute approximate surface area is 136 Å². The minimum atomic E-state index is -0.540. The van der Waals surface area contributed by atoms with Crippen molar-refractivity contribution in [1.29, 1.82) is 0 Å². The molecule has 0 bridgehead atoms. The van der Waals surface area contributed by atoms with Gasteiger partial charge in [0.25, 0.3) is 5.91 Å². The average molecular weight is 332 g/mol. The molecule has 7 nitrogen and oxygen atoms in total. The van der Waals surface area contributed by atoms with E-state index in [0.29, 0.717) is 31.9 Å². The molecule has 1 aliphatic heterocycles. The zero-order valence-electron chi connectivity index (χ0n) is 12.6. The van der Waals surface area contributed by atoms with Crippen LogP contribution in [0.2, 0.25) is 0 Å². The number of nitrogens with one attached hydrogen (secondary N) is 1. The summed E-state index contributed by atoms with van der Waals surface area (Å²) in [5.41, 5.74) is 0.181. The van der Waals surface area contributed by atoms with Gasteiger partial charge in [0.2, 0.25) is 5.91 Å². The summed E-state index contributed by atoms with van der Waals surface area (Å²) in [6.07, 6.45) is 0. The summed E-state index contributed by atoms with van der Waals surface area (Å²) in [5.74, 6) is -0.275. The van der Waals surface area contributed by atoms with Gasteiger partial charge in [-0.3, -0.25) is 9.59 Å². The van der Waals surface area contributed by atoms with Crippen molar-refractivity contribution in [3.8, 4) is 10.6 Å². The Morgan fingerprint density at radius 2 is 1.91 bits per heavy atom. The Balaban J connectivity index is 1.81. The van der Waals surface area contributed by atoms with Crippen molar-refractivity contribution in [1.82, 2.24) is 19.8 Å². The molecule has 2 aromatic rings. The lowest BCUT2D eigenvalue weighted by atomic mass is 10.2. The number of carbonyl (C=O) groups excluding carboxylic acids is 2. The van der Waals surface area contributed by atoms with Gasteiger partial charge >= 0.3 is 5.69 Å². The van der Waals surface area contributed by atoms with E-state index in [1.165, 1.54) is 18.3 Å². The standard InChI is InChI=1S/C15H16N4O3S/c1-10(20)18-4-6-19(7-5-18)14(21)12-9-11(16-15(22)17-12)13-3-2-8-23-13/h2-3,8-9H,4-7H2,1H3,(H,16,17,22). The summed E-state index contributed by atoms with van der Waals surface area (Å²) in [4.78, 5) is 46.3. The van der Waals surface area contributed by atoms with Gasteiger partial charge in [0.15, 0.2) is 0 Å². The molecule has 1 aliphatic rings. The zero-order chi connectivity index (χ0) is 16.4. The van der Waals surface area contributed by atoms with Gasteiger partial charge in [-0.05, 0) is 17.5 Å². The normalized spacial score (nSPS) is 14.8. The fourth-order valence-corrected chi connectivity index (χ4v) is 3.22. The first kappa shape index (κ1) is 15.4. The highest BCUT2D eigenvalue weighted by Crippen LogP contribution is 2.22. The lowest BCUT2D eigenvalue weighted by Crippen LogP contribution is -2.50. The van der Waals surface area contributed by atoms with Crippen molar-refractivity contribution in [2.45, 2.75) is 6.92 Å². The fraction of sp³-hybridized carbons (Fsp3) is 0.333. The lowest BCUT2D eigenvalue weighted by molar-refractivity contribution is -0.130. The smallest absolute Gasteiger partial charge is 0.339 e. The van der Waals surface area contributed by atoms with Gasteiger partial charge < -0.3 is 14.8 Å². The van der Waals surface area contributed by atoms with E-state index in [-0.39, 0.29) is 17.5 Å². The van der Waals surface area contributed by atoms with E-state index in [2.05, 4.69) is 9.97 Å². The second-order valence-corrected chi connectivity index (χ2v) is 6.21. The number of rotatable bonds is 2. The highest BCUT2D eigenvalue weighted by Gasteiger charge is 2.24. The summed E-state index contributed by atoms with van der Waals surface area (Å²) in [5, 5.41) is 1.90. The number of amides is 2. The number of H-pyrrole nitrogens is 1. The van der Waals surface area contributed by atoms with Gasteiger partial charge in [0.05, 0.1) is 10.6 Å². The lowest BCUT2D eigenvalue weighted by Gasteiger charge is -2.34. The molecule has 2 amide bonds. The molecule has 0 unspecified atom stereocenters.